The largest absolute Gasteiger partial charge is 0.393 e. The van der Waals surface area contributed by atoms with Crippen molar-refractivity contribution in [3.05, 3.63) is 52.3 Å². The molecular weight excluding hydrogens is 638 g/mol. The van der Waals surface area contributed by atoms with Crippen LogP contribution >= 0.6 is 11.3 Å². The first-order valence-corrected chi connectivity index (χ1v) is 17.7. The SMILES string of the molecule is Cc1c(CN2CCC(Nc3ncnc4sc(CC(F)(F)F)cc34)CC2)ccc2c1cc(C#N)n2CC12CC(NC(=O)CN3CCC3)(C1)C2. The van der Waals surface area contributed by atoms with Crippen LogP contribution in [0.5, 0.6) is 0 Å². The van der Waals surface area contributed by atoms with Crippen LogP contribution in [0.3, 0.4) is 0 Å². The Hall–Kier alpha value is -3.73. The number of fused-ring (bicyclic) bond motifs is 2. The van der Waals surface area contributed by atoms with Crippen molar-refractivity contribution in [1.82, 2.24) is 29.7 Å². The van der Waals surface area contributed by atoms with E-state index in [0.29, 0.717) is 28.3 Å². The summed E-state index contributed by atoms with van der Waals surface area (Å²) < 4.78 is 41.1. The summed E-state index contributed by atoms with van der Waals surface area (Å²) in [5, 5.41) is 18.6. The third-order valence-corrected chi connectivity index (χ3v) is 12.1. The van der Waals surface area contributed by atoms with E-state index < -0.39 is 12.6 Å². The van der Waals surface area contributed by atoms with Crippen molar-refractivity contribution in [3.8, 4) is 6.07 Å². The topological polar surface area (TPSA) is 102 Å². The number of nitrogens with zero attached hydrogens (tertiary/aromatic N) is 6. The maximum Gasteiger partial charge on any atom is 0.393 e. The molecule has 2 N–H and O–H groups in total. The Kier molecular flexibility index (Phi) is 7.69. The highest BCUT2D eigenvalue weighted by Gasteiger charge is 2.68. The number of alkyl halides is 3. The van der Waals surface area contributed by atoms with Crippen molar-refractivity contribution >= 4 is 44.2 Å². The molecule has 0 spiro atoms. The van der Waals surface area contributed by atoms with Gasteiger partial charge in [0, 0.05) is 53.5 Å². The van der Waals surface area contributed by atoms with Gasteiger partial charge in [0.05, 0.1) is 18.4 Å². The monoisotopic (exact) mass is 676 g/mol. The molecule has 5 aliphatic rings. The van der Waals surface area contributed by atoms with Crippen LogP contribution < -0.4 is 10.6 Å². The lowest BCUT2D eigenvalue weighted by Crippen LogP contribution is -2.76. The van der Waals surface area contributed by atoms with Crippen LogP contribution in [0.25, 0.3) is 21.1 Å². The molecule has 1 amide bonds. The molecule has 1 aromatic carbocycles. The zero-order valence-electron chi connectivity index (χ0n) is 27.0. The van der Waals surface area contributed by atoms with E-state index in [0.717, 1.165) is 93.6 Å². The second kappa shape index (κ2) is 11.7. The van der Waals surface area contributed by atoms with E-state index in [-0.39, 0.29) is 27.8 Å². The molecule has 0 unspecified atom stereocenters. The van der Waals surface area contributed by atoms with E-state index in [4.69, 9.17) is 0 Å². The maximum absolute atomic E-state index is 13.0. The standard InChI is InChI=1S/C35H39F3N8OS/c1-22-23(15-45-9-5-24(6-10-45)42-31-28-12-26(13-35(36,37)38)48-32(28)41-21-40-31)3-4-29-27(22)11-25(14-39)46(29)20-33-17-34(18-33,19-33)43-30(47)16-44-7-2-8-44/h3-4,11-12,21,24H,2,5-10,13,15-20H2,1H3,(H,43,47)(H,40,41,42). The quantitative estimate of drug-likeness (QED) is 0.221. The number of nitriles is 1. The molecule has 4 aromatic rings. The molecule has 9 rings (SSSR count). The number of carbonyl (C=O) groups is 1. The summed E-state index contributed by atoms with van der Waals surface area (Å²) in [5.74, 6) is 0.742. The Morgan fingerprint density at radius 2 is 1.85 bits per heavy atom. The number of halogens is 3. The van der Waals surface area contributed by atoms with Crippen LogP contribution in [0.15, 0.2) is 30.6 Å². The summed E-state index contributed by atoms with van der Waals surface area (Å²) >= 11 is 1.07. The third-order valence-electron chi connectivity index (χ3n) is 11.0. The Morgan fingerprint density at radius 3 is 2.54 bits per heavy atom. The lowest BCUT2D eigenvalue weighted by atomic mass is 9.39. The van der Waals surface area contributed by atoms with Crippen molar-refractivity contribution in [2.75, 3.05) is 38.0 Å². The minimum atomic E-state index is -4.26. The fourth-order valence-corrected chi connectivity index (χ4v) is 9.67. The number of benzene rings is 1. The molecule has 3 saturated carbocycles. The molecule has 5 heterocycles. The Morgan fingerprint density at radius 1 is 1.08 bits per heavy atom. The highest BCUT2D eigenvalue weighted by atomic mass is 32.1. The lowest BCUT2D eigenvalue weighted by Gasteiger charge is -2.71. The molecule has 252 valence electrons. The van der Waals surface area contributed by atoms with E-state index in [1.807, 2.05) is 6.07 Å². The number of aromatic nitrogens is 3. The highest BCUT2D eigenvalue weighted by molar-refractivity contribution is 7.18. The van der Waals surface area contributed by atoms with Crippen LogP contribution in [0.4, 0.5) is 19.0 Å². The molecule has 5 fully saturated rings. The first kappa shape index (κ1) is 31.5. The van der Waals surface area contributed by atoms with Gasteiger partial charge in [0.15, 0.2) is 0 Å². The van der Waals surface area contributed by atoms with Gasteiger partial charge < -0.3 is 15.2 Å². The number of anilines is 1. The molecule has 9 nitrogen and oxygen atoms in total. The smallest absolute Gasteiger partial charge is 0.367 e. The fraction of sp³-hybridized carbons (Fsp3) is 0.543. The molecule has 48 heavy (non-hydrogen) atoms. The zero-order valence-corrected chi connectivity index (χ0v) is 27.8. The number of hydrogen-bond donors (Lipinski definition) is 2. The van der Waals surface area contributed by atoms with Gasteiger partial charge in [-0.05, 0) is 93.3 Å². The van der Waals surface area contributed by atoms with Crippen LogP contribution in [0.1, 0.15) is 60.2 Å². The van der Waals surface area contributed by atoms with Gasteiger partial charge >= 0.3 is 6.18 Å². The van der Waals surface area contributed by atoms with E-state index in [1.165, 1.54) is 23.9 Å². The maximum atomic E-state index is 13.0. The first-order valence-electron chi connectivity index (χ1n) is 16.8. The van der Waals surface area contributed by atoms with E-state index in [2.05, 4.69) is 60.1 Å². The van der Waals surface area contributed by atoms with Gasteiger partial charge in [-0.1, -0.05) is 6.07 Å². The Balaban J connectivity index is 0.885. The van der Waals surface area contributed by atoms with Crippen molar-refractivity contribution < 1.29 is 18.0 Å². The van der Waals surface area contributed by atoms with Gasteiger partial charge in [-0.15, -0.1) is 11.3 Å². The average Bonchev–Trinajstić information content (AvgIpc) is 3.56. The normalized spacial score (nSPS) is 24.6. The Bertz CT molecular complexity index is 1910. The number of hydrogen-bond acceptors (Lipinski definition) is 8. The predicted molar refractivity (Wildman–Crippen MR) is 179 cm³/mol. The minimum absolute atomic E-state index is 0.0468. The second-order valence-corrected chi connectivity index (χ2v) is 15.8. The number of aryl methyl sites for hydroxylation is 1. The number of piperidine rings is 1. The van der Waals surface area contributed by atoms with Crippen molar-refractivity contribution in [2.24, 2.45) is 5.41 Å². The fourth-order valence-electron chi connectivity index (χ4n) is 8.64. The van der Waals surface area contributed by atoms with Crippen LogP contribution in [-0.2, 0) is 24.3 Å². The van der Waals surface area contributed by atoms with Gasteiger partial charge in [-0.3, -0.25) is 14.6 Å². The molecule has 2 bridgehead atoms. The number of rotatable bonds is 10. The van der Waals surface area contributed by atoms with Crippen LogP contribution in [0, 0.1) is 23.7 Å². The van der Waals surface area contributed by atoms with Crippen molar-refractivity contribution in [2.45, 2.75) is 82.7 Å². The van der Waals surface area contributed by atoms with Gasteiger partial charge in [-0.25, -0.2) is 9.97 Å². The average molecular weight is 677 g/mol. The molecule has 3 aliphatic carbocycles. The number of amides is 1. The Labute approximate surface area is 281 Å². The number of nitrogens with one attached hydrogen (secondary N) is 2. The van der Waals surface area contributed by atoms with Gasteiger partial charge in [0.2, 0.25) is 5.91 Å². The summed E-state index contributed by atoms with van der Waals surface area (Å²) in [6.07, 6.45) is 2.10. The third kappa shape index (κ3) is 5.92. The first-order chi connectivity index (χ1) is 23.0. The zero-order chi connectivity index (χ0) is 33.3. The van der Waals surface area contributed by atoms with E-state index in [1.54, 1.807) is 6.07 Å². The number of likely N-dealkylation sites (tertiary alicyclic amines) is 2. The van der Waals surface area contributed by atoms with Gasteiger partial charge in [-0.2, -0.15) is 18.4 Å². The summed E-state index contributed by atoms with van der Waals surface area (Å²) in [4.78, 5) is 26.5. The second-order valence-electron chi connectivity index (χ2n) is 14.6. The summed E-state index contributed by atoms with van der Waals surface area (Å²) in [7, 11) is 0. The number of thiophene rings is 1. The molecule has 3 aromatic heterocycles. The van der Waals surface area contributed by atoms with Crippen LogP contribution in [-0.4, -0.2) is 80.7 Å². The predicted octanol–water partition coefficient (Wildman–Crippen LogP) is 5.75. The molecule has 0 atom stereocenters. The molecule has 2 saturated heterocycles. The van der Waals surface area contributed by atoms with E-state index in [9.17, 15) is 23.2 Å². The van der Waals surface area contributed by atoms with E-state index >= 15 is 0 Å². The summed E-state index contributed by atoms with van der Waals surface area (Å²) in [6, 6.07) is 10.6. The number of carbonyl (C=O) groups excluding carboxylic acids is 1. The highest BCUT2D eigenvalue weighted by Crippen LogP contribution is 2.68. The molecular formula is C35H39F3N8OS. The molecule has 0 radical (unpaired) electrons. The van der Waals surface area contributed by atoms with Gasteiger partial charge in [0.25, 0.3) is 0 Å². The molecule has 2 aliphatic heterocycles. The lowest BCUT2D eigenvalue weighted by molar-refractivity contribution is -0.172. The van der Waals surface area contributed by atoms with Gasteiger partial charge in [0.1, 0.15) is 28.7 Å². The summed E-state index contributed by atoms with van der Waals surface area (Å²) in [6.45, 7) is 8.08. The molecule has 13 heteroatoms. The summed E-state index contributed by atoms with van der Waals surface area (Å²) in [5.41, 5.74) is 4.34. The van der Waals surface area contributed by atoms with Crippen LogP contribution in [0.2, 0.25) is 0 Å². The van der Waals surface area contributed by atoms with Crippen molar-refractivity contribution in [3.63, 3.8) is 0 Å². The van der Waals surface area contributed by atoms with Crippen molar-refractivity contribution in [1.29, 1.82) is 5.26 Å². The minimum Gasteiger partial charge on any atom is -0.367 e.